The van der Waals surface area contributed by atoms with Crippen LogP contribution in [0.1, 0.15) is 46.1 Å². The van der Waals surface area contributed by atoms with Crippen molar-refractivity contribution in [2.24, 2.45) is 17.8 Å². The van der Waals surface area contributed by atoms with E-state index in [0.717, 1.165) is 22.9 Å². The van der Waals surface area contributed by atoms with Crippen molar-refractivity contribution in [3.63, 3.8) is 0 Å². The molecule has 0 amide bonds. The second kappa shape index (κ2) is 7.58. The van der Waals surface area contributed by atoms with Gasteiger partial charge in [-0.25, -0.2) is 0 Å². The number of rotatable bonds is 8. The SMILES string of the molecule is CC(C)C[C@H](CC(=O)Cc1c[nH]c2ccccc12)C(=O)C(C)C. The third-order valence-electron chi connectivity index (χ3n) is 4.26. The van der Waals surface area contributed by atoms with E-state index in [1.54, 1.807) is 0 Å². The number of aromatic nitrogens is 1. The molecule has 0 radical (unpaired) electrons. The van der Waals surface area contributed by atoms with Gasteiger partial charge < -0.3 is 4.98 Å². The highest BCUT2D eigenvalue weighted by atomic mass is 16.1. The molecule has 1 aromatic carbocycles. The molecule has 0 aliphatic heterocycles. The fourth-order valence-electron chi connectivity index (χ4n) is 3.18. The second-order valence-corrected chi connectivity index (χ2v) is 7.16. The standard InChI is InChI=1S/C20H27NO2/c1-13(2)9-15(20(23)14(3)4)10-17(22)11-16-12-21-19-8-6-5-7-18(16)19/h5-8,12-15,21H,9-11H2,1-4H3/t15-/m1/s1. The van der Waals surface area contributed by atoms with Gasteiger partial charge in [-0.3, -0.25) is 9.59 Å². The first kappa shape index (κ1) is 17.5. The molecule has 1 heterocycles. The van der Waals surface area contributed by atoms with Crippen LogP contribution in [0, 0.1) is 17.8 Å². The Labute approximate surface area is 138 Å². The molecule has 124 valence electrons. The Balaban J connectivity index is 2.08. The Morgan fingerprint density at radius 2 is 1.78 bits per heavy atom. The van der Waals surface area contributed by atoms with Crippen molar-refractivity contribution in [2.75, 3.05) is 0 Å². The molecule has 1 N–H and O–H groups in total. The lowest BCUT2D eigenvalue weighted by molar-refractivity contribution is -0.130. The molecule has 0 bridgehead atoms. The van der Waals surface area contributed by atoms with E-state index in [0.29, 0.717) is 18.8 Å². The summed E-state index contributed by atoms with van der Waals surface area (Å²) >= 11 is 0. The highest BCUT2D eigenvalue weighted by Crippen LogP contribution is 2.23. The molecule has 3 nitrogen and oxygen atoms in total. The first-order valence-electron chi connectivity index (χ1n) is 8.49. The van der Waals surface area contributed by atoms with E-state index in [9.17, 15) is 9.59 Å². The molecule has 2 aromatic rings. The highest BCUT2D eigenvalue weighted by molar-refractivity contribution is 5.92. The molecule has 0 fully saturated rings. The van der Waals surface area contributed by atoms with Gasteiger partial charge >= 0.3 is 0 Å². The van der Waals surface area contributed by atoms with Crippen molar-refractivity contribution in [3.8, 4) is 0 Å². The molecule has 3 heteroatoms. The van der Waals surface area contributed by atoms with Gasteiger partial charge in [0.25, 0.3) is 0 Å². The van der Waals surface area contributed by atoms with Crippen LogP contribution in [0.2, 0.25) is 0 Å². The number of nitrogens with one attached hydrogen (secondary N) is 1. The number of hydrogen-bond acceptors (Lipinski definition) is 2. The molecular weight excluding hydrogens is 286 g/mol. The molecule has 0 saturated carbocycles. The molecule has 1 atom stereocenters. The molecule has 1 aromatic heterocycles. The van der Waals surface area contributed by atoms with Gasteiger partial charge in [0, 0.05) is 41.8 Å². The molecule has 0 aliphatic carbocycles. The summed E-state index contributed by atoms with van der Waals surface area (Å²) in [4.78, 5) is 28.1. The van der Waals surface area contributed by atoms with E-state index in [2.05, 4.69) is 18.8 Å². The number of carbonyl (C=O) groups excluding carboxylic acids is 2. The van der Waals surface area contributed by atoms with E-state index >= 15 is 0 Å². The van der Waals surface area contributed by atoms with Crippen molar-refractivity contribution in [2.45, 2.75) is 47.0 Å². The average molecular weight is 313 g/mol. The quantitative estimate of drug-likeness (QED) is 0.777. The molecule has 0 unspecified atom stereocenters. The van der Waals surface area contributed by atoms with Gasteiger partial charge in [0.05, 0.1) is 0 Å². The van der Waals surface area contributed by atoms with E-state index in [-0.39, 0.29) is 23.4 Å². The first-order chi connectivity index (χ1) is 10.9. The third kappa shape index (κ3) is 4.54. The minimum absolute atomic E-state index is 0.0142. The van der Waals surface area contributed by atoms with Crippen LogP contribution in [0.25, 0.3) is 10.9 Å². The van der Waals surface area contributed by atoms with E-state index in [1.165, 1.54) is 0 Å². The van der Waals surface area contributed by atoms with Crippen molar-refractivity contribution < 1.29 is 9.59 Å². The monoisotopic (exact) mass is 313 g/mol. The average Bonchev–Trinajstić information content (AvgIpc) is 2.88. The minimum Gasteiger partial charge on any atom is -0.361 e. The van der Waals surface area contributed by atoms with Gasteiger partial charge in [-0.05, 0) is 24.0 Å². The number of ketones is 2. The molecule has 0 spiro atoms. The molecule has 0 aliphatic rings. The van der Waals surface area contributed by atoms with Gasteiger partial charge in [0.15, 0.2) is 0 Å². The smallest absolute Gasteiger partial charge is 0.138 e. The second-order valence-electron chi connectivity index (χ2n) is 7.16. The number of aromatic amines is 1. The Morgan fingerprint density at radius 1 is 1.09 bits per heavy atom. The lowest BCUT2D eigenvalue weighted by Gasteiger charge is -2.19. The molecule has 0 saturated heterocycles. The summed E-state index contributed by atoms with van der Waals surface area (Å²) in [5.41, 5.74) is 2.07. The highest BCUT2D eigenvalue weighted by Gasteiger charge is 2.25. The van der Waals surface area contributed by atoms with Gasteiger partial charge in [-0.2, -0.15) is 0 Å². The minimum atomic E-state index is -0.146. The van der Waals surface area contributed by atoms with Gasteiger partial charge in [0.1, 0.15) is 11.6 Å². The Morgan fingerprint density at radius 3 is 2.43 bits per heavy atom. The number of para-hydroxylation sites is 1. The summed E-state index contributed by atoms with van der Waals surface area (Å²) in [6.45, 7) is 8.04. The normalized spacial score (nSPS) is 13.0. The van der Waals surface area contributed by atoms with Crippen LogP contribution in [-0.4, -0.2) is 16.6 Å². The fraction of sp³-hybridized carbons (Fsp3) is 0.500. The fourth-order valence-corrected chi connectivity index (χ4v) is 3.18. The van der Waals surface area contributed by atoms with E-state index in [1.807, 2.05) is 44.3 Å². The van der Waals surface area contributed by atoms with Crippen LogP contribution in [0.5, 0.6) is 0 Å². The van der Waals surface area contributed by atoms with E-state index < -0.39 is 0 Å². The molecule has 23 heavy (non-hydrogen) atoms. The maximum atomic E-state index is 12.5. The Bertz CT molecular complexity index is 682. The topological polar surface area (TPSA) is 49.9 Å². The van der Waals surface area contributed by atoms with Crippen LogP contribution in [-0.2, 0) is 16.0 Å². The lowest BCUT2D eigenvalue weighted by Crippen LogP contribution is -2.24. The maximum Gasteiger partial charge on any atom is 0.138 e. The largest absolute Gasteiger partial charge is 0.361 e. The van der Waals surface area contributed by atoms with Crippen molar-refractivity contribution >= 4 is 22.5 Å². The summed E-state index contributed by atoms with van der Waals surface area (Å²) in [5, 5.41) is 1.09. The zero-order valence-corrected chi connectivity index (χ0v) is 14.6. The maximum absolute atomic E-state index is 12.5. The van der Waals surface area contributed by atoms with Gasteiger partial charge in [-0.15, -0.1) is 0 Å². The summed E-state index contributed by atoms with van der Waals surface area (Å²) in [5.74, 6) is 0.622. The van der Waals surface area contributed by atoms with Gasteiger partial charge in [-0.1, -0.05) is 45.9 Å². The number of carbonyl (C=O) groups is 2. The van der Waals surface area contributed by atoms with E-state index in [4.69, 9.17) is 0 Å². The van der Waals surface area contributed by atoms with Crippen molar-refractivity contribution in [3.05, 3.63) is 36.0 Å². The summed E-state index contributed by atoms with van der Waals surface area (Å²) < 4.78 is 0. The van der Waals surface area contributed by atoms with Crippen molar-refractivity contribution in [1.29, 1.82) is 0 Å². The molecular formula is C20H27NO2. The van der Waals surface area contributed by atoms with Gasteiger partial charge in [0.2, 0.25) is 0 Å². The zero-order chi connectivity index (χ0) is 17.0. The predicted octanol–water partition coefficient (Wildman–Crippen LogP) is 4.56. The predicted molar refractivity (Wildman–Crippen MR) is 94.4 cm³/mol. The first-order valence-corrected chi connectivity index (χ1v) is 8.49. The number of fused-ring (bicyclic) bond motifs is 1. The summed E-state index contributed by atoms with van der Waals surface area (Å²) in [6, 6.07) is 7.99. The van der Waals surface area contributed by atoms with Crippen LogP contribution in [0.3, 0.4) is 0 Å². The Kier molecular flexibility index (Phi) is 5.75. The summed E-state index contributed by atoms with van der Waals surface area (Å²) in [6.07, 6.45) is 3.44. The lowest BCUT2D eigenvalue weighted by atomic mass is 9.84. The third-order valence-corrected chi connectivity index (χ3v) is 4.26. The Hall–Kier alpha value is -1.90. The molecule has 2 rings (SSSR count). The van der Waals surface area contributed by atoms with Crippen LogP contribution in [0.4, 0.5) is 0 Å². The number of H-pyrrole nitrogens is 1. The summed E-state index contributed by atoms with van der Waals surface area (Å²) in [7, 11) is 0. The van der Waals surface area contributed by atoms with Crippen LogP contribution < -0.4 is 0 Å². The zero-order valence-electron chi connectivity index (χ0n) is 14.6. The number of benzene rings is 1. The van der Waals surface area contributed by atoms with Crippen LogP contribution >= 0.6 is 0 Å². The number of hydrogen-bond donors (Lipinski definition) is 1. The van der Waals surface area contributed by atoms with Crippen molar-refractivity contribution in [1.82, 2.24) is 4.98 Å². The number of Topliss-reactive ketones (excluding diaryl/α,β-unsaturated/α-hetero) is 2. The van der Waals surface area contributed by atoms with Crippen LogP contribution in [0.15, 0.2) is 30.5 Å².